The van der Waals surface area contributed by atoms with Crippen LogP contribution in [-0.2, 0) is 13.0 Å². The van der Waals surface area contributed by atoms with Crippen molar-refractivity contribution in [3.63, 3.8) is 0 Å². The molecule has 4 rings (SSSR count). The van der Waals surface area contributed by atoms with Gasteiger partial charge in [0.1, 0.15) is 17.5 Å². The zero-order valence-electron chi connectivity index (χ0n) is 15.6. The molecule has 4 nitrogen and oxygen atoms in total. The normalized spacial score (nSPS) is 13.4. The van der Waals surface area contributed by atoms with E-state index in [0.29, 0.717) is 0 Å². The lowest BCUT2D eigenvalue weighted by Gasteiger charge is -2.30. The van der Waals surface area contributed by atoms with Crippen LogP contribution in [0.3, 0.4) is 0 Å². The second-order valence-corrected chi connectivity index (χ2v) is 6.97. The average molecular weight is 344 g/mol. The van der Waals surface area contributed by atoms with Gasteiger partial charge in [-0.25, -0.2) is 9.97 Å². The van der Waals surface area contributed by atoms with E-state index in [2.05, 4.69) is 82.6 Å². The Labute approximate surface area is 154 Å². The number of hydrogen-bond donors (Lipinski definition) is 1. The third-order valence-electron chi connectivity index (χ3n) is 5.15. The van der Waals surface area contributed by atoms with Gasteiger partial charge in [-0.05, 0) is 55.5 Å². The number of rotatable bonds is 3. The van der Waals surface area contributed by atoms with Crippen LogP contribution in [0, 0.1) is 20.8 Å². The van der Waals surface area contributed by atoms with Crippen LogP contribution in [0.5, 0.6) is 0 Å². The molecule has 1 aromatic heterocycles. The molecule has 0 radical (unpaired) electrons. The number of aromatic nitrogens is 2. The predicted octanol–water partition coefficient (Wildman–Crippen LogP) is 4.71. The van der Waals surface area contributed by atoms with E-state index in [0.717, 1.165) is 42.7 Å². The van der Waals surface area contributed by atoms with Crippen LogP contribution < -0.4 is 10.2 Å². The molecule has 1 aliphatic heterocycles. The van der Waals surface area contributed by atoms with Gasteiger partial charge in [-0.2, -0.15) is 0 Å². The van der Waals surface area contributed by atoms with Gasteiger partial charge in [0.2, 0.25) is 0 Å². The predicted molar refractivity (Wildman–Crippen MR) is 107 cm³/mol. The molecule has 0 saturated carbocycles. The maximum absolute atomic E-state index is 4.69. The molecule has 132 valence electrons. The fraction of sp³-hybridized carbons (Fsp3) is 0.273. The largest absolute Gasteiger partial charge is 0.352 e. The van der Waals surface area contributed by atoms with Gasteiger partial charge in [0, 0.05) is 24.8 Å². The van der Waals surface area contributed by atoms with Crippen molar-refractivity contribution in [2.24, 2.45) is 0 Å². The summed E-state index contributed by atoms with van der Waals surface area (Å²) in [6, 6.07) is 17.0. The Morgan fingerprint density at radius 1 is 0.923 bits per heavy atom. The molecule has 0 bridgehead atoms. The number of aryl methyl sites for hydroxylation is 2. The summed E-state index contributed by atoms with van der Waals surface area (Å²) in [5.74, 6) is 2.62. The van der Waals surface area contributed by atoms with E-state index in [1.807, 2.05) is 6.92 Å². The zero-order chi connectivity index (χ0) is 18.1. The monoisotopic (exact) mass is 344 g/mol. The number of hydrogen-bond acceptors (Lipinski definition) is 4. The van der Waals surface area contributed by atoms with Gasteiger partial charge in [-0.15, -0.1) is 0 Å². The second kappa shape index (κ2) is 6.79. The van der Waals surface area contributed by atoms with Crippen molar-refractivity contribution in [1.29, 1.82) is 0 Å². The van der Waals surface area contributed by atoms with Crippen molar-refractivity contribution in [3.8, 4) is 0 Å². The molecule has 3 aromatic rings. The molecule has 4 heteroatoms. The number of benzene rings is 2. The molecule has 0 atom stereocenters. The topological polar surface area (TPSA) is 41.1 Å². The van der Waals surface area contributed by atoms with Crippen LogP contribution in [0.25, 0.3) is 0 Å². The SMILES string of the molecule is Cc1nc(Nc2cccc(C)c2C)cc(N2CCc3ccccc3C2)n1. The van der Waals surface area contributed by atoms with Crippen LogP contribution in [0.4, 0.5) is 17.3 Å². The molecule has 1 N–H and O–H groups in total. The minimum Gasteiger partial charge on any atom is -0.352 e. The van der Waals surface area contributed by atoms with E-state index in [-0.39, 0.29) is 0 Å². The first-order chi connectivity index (χ1) is 12.6. The Bertz CT molecular complexity index is 949. The van der Waals surface area contributed by atoms with Crippen LogP contribution in [-0.4, -0.2) is 16.5 Å². The molecule has 0 aliphatic carbocycles. The zero-order valence-corrected chi connectivity index (χ0v) is 15.6. The summed E-state index contributed by atoms with van der Waals surface area (Å²) in [4.78, 5) is 11.6. The maximum atomic E-state index is 4.69. The molecule has 0 spiro atoms. The Hall–Kier alpha value is -2.88. The molecule has 26 heavy (non-hydrogen) atoms. The van der Waals surface area contributed by atoms with Crippen LogP contribution in [0.2, 0.25) is 0 Å². The van der Waals surface area contributed by atoms with E-state index < -0.39 is 0 Å². The fourth-order valence-corrected chi connectivity index (χ4v) is 3.49. The van der Waals surface area contributed by atoms with Gasteiger partial charge < -0.3 is 10.2 Å². The first kappa shape index (κ1) is 16.6. The quantitative estimate of drug-likeness (QED) is 0.747. The average Bonchev–Trinajstić information content (AvgIpc) is 2.65. The van der Waals surface area contributed by atoms with E-state index >= 15 is 0 Å². The van der Waals surface area contributed by atoms with E-state index in [1.54, 1.807) is 0 Å². The highest BCUT2D eigenvalue weighted by Crippen LogP contribution is 2.27. The lowest BCUT2D eigenvalue weighted by molar-refractivity contribution is 0.717. The molecule has 0 amide bonds. The Morgan fingerprint density at radius 2 is 1.73 bits per heavy atom. The van der Waals surface area contributed by atoms with Crippen molar-refractivity contribution in [2.75, 3.05) is 16.8 Å². The summed E-state index contributed by atoms with van der Waals surface area (Å²) < 4.78 is 0. The molecule has 2 aromatic carbocycles. The van der Waals surface area contributed by atoms with Crippen molar-refractivity contribution in [3.05, 3.63) is 76.6 Å². The summed E-state index contributed by atoms with van der Waals surface area (Å²) in [7, 11) is 0. The van der Waals surface area contributed by atoms with Crippen LogP contribution in [0.15, 0.2) is 48.5 Å². The summed E-state index contributed by atoms with van der Waals surface area (Å²) >= 11 is 0. The van der Waals surface area contributed by atoms with E-state index in [4.69, 9.17) is 0 Å². The smallest absolute Gasteiger partial charge is 0.136 e. The summed E-state index contributed by atoms with van der Waals surface area (Å²) in [5.41, 5.74) is 6.45. The Balaban J connectivity index is 1.62. The Kier molecular flexibility index (Phi) is 4.33. The Morgan fingerprint density at radius 3 is 2.58 bits per heavy atom. The van der Waals surface area contributed by atoms with Gasteiger partial charge in [0.25, 0.3) is 0 Å². The van der Waals surface area contributed by atoms with Gasteiger partial charge in [0.05, 0.1) is 0 Å². The highest BCUT2D eigenvalue weighted by molar-refractivity contribution is 5.64. The van der Waals surface area contributed by atoms with Gasteiger partial charge in [-0.3, -0.25) is 0 Å². The molecule has 0 fully saturated rings. The minimum absolute atomic E-state index is 0.786. The number of nitrogens with one attached hydrogen (secondary N) is 1. The fourth-order valence-electron chi connectivity index (χ4n) is 3.49. The summed E-state index contributed by atoms with van der Waals surface area (Å²) in [5, 5.41) is 3.47. The molecule has 0 unspecified atom stereocenters. The lowest BCUT2D eigenvalue weighted by Crippen LogP contribution is -2.31. The van der Waals surface area contributed by atoms with Crippen LogP contribution >= 0.6 is 0 Å². The highest BCUT2D eigenvalue weighted by Gasteiger charge is 2.18. The standard InChI is InChI=1S/C22H24N4/c1-15-7-6-10-20(16(15)2)25-21-13-22(24-17(3)23-21)26-12-11-18-8-4-5-9-19(18)14-26/h4-10,13H,11-12,14H2,1-3H3,(H,23,24,25). The molecule has 2 heterocycles. The lowest BCUT2D eigenvalue weighted by atomic mass is 10.00. The van der Waals surface area contributed by atoms with Crippen molar-refractivity contribution in [1.82, 2.24) is 9.97 Å². The summed E-state index contributed by atoms with van der Waals surface area (Å²) in [6.45, 7) is 8.10. The van der Waals surface area contributed by atoms with Gasteiger partial charge in [-0.1, -0.05) is 36.4 Å². The molecule has 1 aliphatic rings. The van der Waals surface area contributed by atoms with E-state index in [9.17, 15) is 0 Å². The number of nitrogens with zero attached hydrogens (tertiary/aromatic N) is 3. The highest BCUT2D eigenvalue weighted by atomic mass is 15.2. The van der Waals surface area contributed by atoms with Gasteiger partial charge >= 0.3 is 0 Å². The van der Waals surface area contributed by atoms with E-state index in [1.165, 1.54) is 22.3 Å². The third-order valence-corrected chi connectivity index (χ3v) is 5.15. The van der Waals surface area contributed by atoms with Crippen LogP contribution in [0.1, 0.15) is 28.1 Å². The third kappa shape index (κ3) is 3.27. The number of fused-ring (bicyclic) bond motifs is 1. The molecule has 0 saturated heterocycles. The van der Waals surface area contributed by atoms with Crippen molar-refractivity contribution >= 4 is 17.3 Å². The van der Waals surface area contributed by atoms with Crippen molar-refractivity contribution < 1.29 is 0 Å². The second-order valence-electron chi connectivity index (χ2n) is 6.97. The first-order valence-electron chi connectivity index (χ1n) is 9.11. The molecular weight excluding hydrogens is 320 g/mol. The minimum atomic E-state index is 0.786. The van der Waals surface area contributed by atoms with Crippen molar-refractivity contribution in [2.45, 2.75) is 33.7 Å². The first-order valence-corrected chi connectivity index (χ1v) is 9.11. The summed E-state index contributed by atoms with van der Waals surface area (Å²) in [6.07, 6.45) is 1.05. The van der Waals surface area contributed by atoms with Gasteiger partial charge in [0.15, 0.2) is 0 Å². The maximum Gasteiger partial charge on any atom is 0.136 e. The molecular formula is C22H24N4. The number of anilines is 3.